The van der Waals surface area contributed by atoms with Gasteiger partial charge in [0.25, 0.3) is 0 Å². The molecule has 0 aliphatic rings. The average Bonchev–Trinajstić information content (AvgIpc) is 2.36. The van der Waals surface area contributed by atoms with Gasteiger partial charge in [0.05, 0.1) is 0 Å². The van der Waals surface area contributed by atoms with Crippen LogP contribution in [-0.4, -0.2) is 30.1 Å². The van der Waals surface area contributed by atoms with Crippen molar-refractivity contribution in [2.75, 3.05) is 24.3 Å². The lowest BCUT2D eigenvalue weighted by molar-refractivity contribution is 0.497. The molecule has 4 heteroatoms. The van der Waals surface area contributed by atoms with Crippen LogP contribution in [0.15, 0.2) is 0 Å². The van der Waals surface area contributed by atoms with Crippen molar-refractivity contribution >= 4 is 11.6 Å². The minimum atomic E-state index is -0.0593. The number of hydrogen-bond acceptors (Lipinski definition) is 4. The maximum Gasteiger partial charge on any atom is 0.138 e. The number of hydrogen-bond donors (Lipinski definition) is 1. The van der Waals surface area contributed by atoms with Crippen LogP contribution in [0.25, 0.3) is 0 Å². The molecular weight excluding hydrogens is 260 g/mol. The molecule has 4 nitrogen and oxygen atoms in total. The third-order valence-corrected chi connectivity index (χ3v) is 3.84. The topological polar surface area (TPSA) is 41.1 Å². The van der Waals surface area contributed by atoms with Gasteiger partial charge in [-0.25, -0.2) is 9.97 Å². The summed E-state index contributed by atoms with van der Waals surface area (Å²) in [6, 6.07) is 0.455. The molecule has 0 fully saturated rings. The summed E-state index contributed by atoms with van der Waals surface area (Å²) in [6.45, 7) is 15.3. The third-order valence-electron chi connectivity index (χ3n) is 3.84. The van der Waals surface area contributed by atoms with Gasteiger partial charge in [0.2, 0.25) is 0 Å². The Morgan fingerprint density at radius 2 is 1.71 bits per heavy atom. The molecule has 120 valence electrons. The predicted molar refractivity (Wildman–Crippen MR) is 92.3 cm³/mol. The summed E-state index contributed by atoms with van der Waals surface area (Å²) in [5, 5.41) is 3.20. The van der Waals surface area contributed by atoms with Gasteiger partial charge in [0, 0.05) is 31.1 Å². The second-order valence-corrected chi connectivity index (χ2v) is 7.43. The lowest BCUT2D eigenvalue weighted by atomic mass is 9.95. The summed E-state index contributed by atoms with van der Waals surface area (Å²) in [5.41, 5.74) is 1.06. The first-order valence-electron chi connectivity index (χ1n) is 7.87. The number of anilines is 2. The molecule has 0 aromatic carbocycles. The van der Waals surface area contributed by atoms with Crippen molar-refractivity contribution in [3.05, 3.63) is 11.4 Å². The lowest BCUT2D eigenvalue weighted by Gasteiger charge is -2.30. The predicted octanol–water partition coefficient (Wildman–Crippen LogP) is 4.00. The van der Waals surface area contributed by atoms with Crippen LogP contribution in [0.2, 0.25) is 0 Å². The normalized spacial score (nSPS) is 13.4. The van der Waals surface area contributed by atoms with Gasteiger partial charge < -0.3 is 10.2 Å². The van der Waals surface area contributed by atoms with E-state index in [2.05, 4.69) is 70.7 Å². The summed E-state index contributed by atoms with van der Waals surface area (Å²) in [7, 11) is 4.05. The molecule has 1 rings (SSSR count). The van der Waals surface area contributed by atoms with E-state index >= 15 is 0 Å². The summed E-state index contributed by atoms with van der Waals surface area (Å²) in [4.78, 5) is 11.8. The van der Waals surface area contributed by atoms with E-state index in [1.54, 1.807) is 0 Å². The SMILES string of the molecule is CNc1nc(C(C)(C)C)nc(N(C)C(C)CC(C)C)c1C. The third kappa shape index (κ3) is 4.32. The fourth-order valence-corrected chi connectivity index (χ4v) is 2.48. The van der Waals surface area contributed by atoms with Crippen molar-refractivity contribution in [2.24, 2.45) is 5.92 Å². The molecule has 1 aromatic heterocycles. The zero-order chi connectivity index (χ0) is 16.4. The minimum absolute atomic E-state index is 0.0593. The highest BCUT2D eigenvalue weighted by atomic mass is 15.2. The smallest absolute Gasteiger partial charge is 0.138 e. The van der Waals surface area contributed by atoms with Gasteiger partial charge in [0.1, 0.15) is 17.5 Å². The Labute approximate surface area is 130 Å². The Kier molecular flexibility index (Phi) is 5.60. The average molecular weight is 292 g/mol. The second kappa shape index (κ2) is 6.63. The number of nitrogens with zero attached hydrogens (tertiary/aromatic N) is 3. The van der Waals surface area contributed by atoms with E-state index in [4.69, 9.17) is 4.98 Å². The fourth-order valence-electron chi connectivity index (χ4n) is 2.48. The molecule has 0 saturated carbocycles. The summed E-state index contributed by atoms with van der Waals surface area (Å²) in [5.74, 6) is 3.52. The Morgan fingerprint density at radius 1 is 1.14 bits per heavy atom. The summed E-state index contributed by atoms with van der Waals surface area (Å²) >= 11 is 0. The van der Waals surface area contributed by atoms with Gasteiger partial charge in [0.15, 0.2) is 0 Å². The Balaban J connectivity index is 3.27. The molecule has 0 amide bonds. The van der Waals surface area contributed by atoms with Crippen molar-refractivity contribution in [3.63, 3.8) is 0 Å². The molecule has 1 heterocycles. The van der Waals surface area contributed by atoms with Crippen molar-refractivity contribution < 1.29 is 0 Å². The number of aromatic nitrogens is 2. The molecule has 0 bridgehead atoms. The van der Waals surface area contributed by atoms with E-state index in [1.807, 2.05) is 7.05 Å². The van der Waals surface area contributed by atoms with Gasteiger partial charge in [-0.3, -0.25) is 0 Å². The zero-order valence-electron chi connectivity index (χ0n) is 15.2. The highest BCUT2D eigenvalue weighted by Gasteiger charge is 2.23. The monoisotopic (exact) mass is 292 g/mol. The van der Waals surface area contributed by atoms with Gasteiger partial charge in [-0.05, 0) is 26.2 Å². The fraction of sp³-hybridized carbons (Fsp3) is 0.765. The Hall–Kier alpha value is -1.32. The quantitative estimate of drug-likeness (QED) is 0.890. The van der Waals surface area contributed by atoms with E-state index in [0.29, 0.717) is 12.0 Å². The molecule has 0 saturated heterocycles. The van der Waals surface area contributed by atoms with Crippen LogP contribution in [0.4, 0.5) is 11.6 Å². The molecule has 0 spiro atoms. The molecule has 1 aromatic rings. The molecule has 1 unspecified atom stereocenters. The molecular formula is C17H32N4. The molecule has 0 radical (unpaired) electrons. The van der Waals surface area contributed by atoms with Gasteiger partial charge in [-0.1, -0.05) is 34.6 Å². The molecule has 21 heavy (non-hydrogen) atoms. The van der Waals surface area contributed by atoms with Crippen molar-refractivity contribution in [1.82, 2.24) is 9.97 Å². The van der Waals surface area contributed by atoms with Crippen LogP contribution in [-0.2, 0) is 5.41 Å². The maximum atomic E-state index is 4.86. The first-order chi connectivity index (χ1) is 9.57. The van der Waals surface area contributed by atoms with Crippen LogP contribution in [0.1, 0.15) is 59.4 Å². The number of rotatable bonds is 5. The molecule has 1 atom stereocenters. The summed E-state index contributed by atoms with van der Waals surface area (Å²) < 4.78 is 0. The maximum absolute atomic E-state index is 4.86. The van der Waals surface area contributed by atoms with Crippen molar-refractivity contribution in [1.29, 1.82) is 0 Å². The van der Waals surface area contributed by atoms with Crippen LogP contribution in [0.5, 0.6) is 0 Å². The highest BCUT2D eigenvalue weighted by molar-refractivity contribution is 5.58. The van der Waals surface area contributed by atoms with E-state index < -0.39 is 0 Å². The van der Waals surface area contributed by atoms with Crippen LogP contribution in [0, 0.1) is 12.8 Å². The highest BCUT2D eigenvalue weighted by Crippen LogP contribution is 2.29. The van der Waals surface area contributed by atoms with Gasteiger partial charge in [-0.15, -0.1) is 0 Å². The standard InChI is InChI=1S/C17H32N4/c1-11(2)10-12(3)21(9)15-13(4)14(18-8)19-16(20-15)17(5,6)7/h11-12H,10H2,1-9H3,(H,18,19,20). The molecule has 0 aliphatic heterocycles. The van der Waals surface area contributed by atoms with E-state index in [1.165, 1.54) is 0 Å². The molecule has 0 aliphatic carbocycles. The van der Waals surface area contributed by atoms with E-state index in [9.17, 15) is 0 Å². The Morgan fingerprint density at radius 3 is 2.14 bits per heavy atom. The zero-order valence-corrected chi connectivity index (χ0v) is 15.2. The van der Waals surface area contributed by atoms with Crippen LogP contribution in [0.3, 0.4) is 0 Å². The minimum Gasteiger partial charge on any atom is -0.373 e. The largest absolute Gasteiger partial charge is 0.373 e. The molecule has 1 N–H and O–H groups in total. The number of nitrogens with one attached hydrogen (secondary N) is 1. The van der Waals surface area contributed by atoms with Crippen LogP contribution >= 0.6 is 0 Å². The Bertz CT molecular complexity index is 474. The first-order valence-corrected chi connectivity index (χ1v) is 7.87. The van der Waals surface area contributed by atoms with Crippen molar-refractivity contribution in [2.45, 2.75) is 66.3 Å². The van der Waals surface area contributed by atoms with E-state index in [0.717, 1.165) is 29.4 Å². The van der Waals surface area contributed by atoms with Crippen LogP contribution < -0.4 is 10.2 Å². The van der Waals surface area contributed by atoms with Crippen molar-refractivity contribution in [3.8, 4) is 0 Å². The first kappa shape index (κ1) is 17.7. The van der Waals surface area contributed by atoms with Gasteiger partial charge >= 0.3 is 0 Å². The second-order valence-electron chi connectivity index (χ2n) is 7.43. The lowest BCUT2D eigenvalue weighted by Crippen LogP contribution is -2.32. The summed E-state index contributed by atoms with van der Waals surface area (Å²) in [6.07, 6.45) is 1.15. The van der Waals surface area contributed by atoms with Gasteiger partial charge in [-0.2, -0.15) is 0 Å². The van der Waals surface area contributed by atoms with E-state index in [-0.39, 0.29) is 5.41 Å².